The van der Waals surface area contributed by atoms with Crippen molar-refractivity contribution in [1.29, 1.82) is 0 Å². The highest BCUT2D eigenvalue weighted by Crippen LogP contribution is 2.22. The van der Waals surface area contributed by atoms with Crippen LogP contribution in [0.5, 0.6) is 0 Å². The lowest BCUT2D eigenvalue weighted by molar-refractivity contribution is 0.194. The molecule has 3 heterocycles. The Kier molecular flexibility index (Phi) is 4.65. The number of piperazine rings is 1. The van der Waals surface area contributed by atoms with Gasteiger partial charge in [0.2, 0.25) is 4.77 Å². The van der Waals surface area contributed by atoms with Gasteiger partial charge >= 0.3 is 0 Å². The van der Waals surface area contributed by atoms with Crippen LogP contribution in [0.2, 0.25) is 0 Å². The van der Waals surface area contributed by atoms with Gasteiger partial charge in [0.15, 0.2) is 5.82 Å². The van der Waals surface area contributed by atoms with E-state index < -0.39 is 0 Å². The lowest BCUT2D eigenvalue weighted by Crippen LogP contribution is -2.47. The van der Waals surface area contributed by atoms with Gasteiger partial charge in [-0.25, -0.2) is 9.07 Å². The third-order valence-corrected chi connectivity index (χ3v) is 5.53. The molecule has 0 unspecified atom stereocenters. The average Bonchev–Trinajstić information content (AvgIpc) is 3.27. The number of para-hydroxylation sites is 1. The summed E-state index contributed by atoms with van der Waals surface area (Å²) in [5.74, 6) is 0.650. The van der Waals surface area contributed by atoms with Crippen molar-refractivity contribution in [3.05, 3.63) is 52.4 Å². The van der Waals surface area contributed by atoms with Crippen molar-refractivity contribution < 1.29 is 4.39 Å². The first-order valence-electron chi connectivity index (χ1n) is 8.13. The maximum Gasteiger partial charge on any atom is 0.217 e. The number of benzene rings is 1. The molecule has 130 valence electrons. The monoisotopic (exact) mass is 375 g/mol. The van der Waals surface area contributed by atoms with Crippen molar-refractivity contribution in [3.8, 4) is 10.7 Å². The third kappa shape index (κ3) is 3.51. The molecule has 0 radical (unpaired) electrons. The van der Waals surface area contributed by atoms with Gasteiger partial charge in [0.1, 0.15) is 5.82 Å². The summed E-state index contributed by atoms with van der Waals surface area (Å²) in [4.78, 5) is 9.90. The van der Waals surface area contributed by atoms with Crippen LogP contribution in [-0.4, -0.2) is 45.8 Å². The van der Waals surface area contributed by atoms with Crippen molar-refractivity contribution in [2.24, 2.45) is 0 Å². The number of rotatable bonds is 4. The van der Waals surface area contributed by atoms with Crippen molar-refractivity contribution in [3.63, 3.8) is 0 Å². The van der Waals surface area contributed by atoms with Crippen molar-refractivity contribution >= 4 is 29.2 Å². The Hall–Kier alpha value is -2.03. The third-order valence-electron chi connectivity index (χ3n) is 4.34. The smallest absolute Gasteiger partial charge is 0.217 e. The lowest BCUT2D eigenvalue weighted by atomic mass is 10.2. The molecule has 1 fully saturated rings. The first-order chi connectivity index (χ1) is 12.2. The number of thiophene rings is 1. The van der Waals surface area contributed by atoms with Gasteiger partial charge in [-0.2, -0.15) is 4.98 Å². The molecule has 25 heavy (non-hydrogen) atoms. The second-order valence-electron chi connectivity index (χ2n) is 5.96. The Bertz CT molecular complexity index is 894. The summed E-state index contributed by atoms with van der Waals surface area (Å²) < 4.78 is 16.4. The number of hydrogen-bond donors (Lipinski definition) is 1. The van der Waals surface area contributed by atoms with E-state index in [-0.39, 0.29) is 5.82 Å². The molecule has 1 aliphatic heterocycles. The predicted molar refractivity (Wildman–Crippen MR) is 101 cm³/mol. The van der Waals surface area contributed by atoms with Crippen LogP contribution in [0, 0.1) is 10.6 Å². The highest BCUT2D eigenvalue weighted by Gasteiger charge is 2.20. The zero-order valence-corrected chi connectivity index (χ0v) is 15.2. The van der Waals surface area contributed by atoms with Gasteiger partial charge in [-0.05, 0) is 35.8 Å². The molecule has 1 N–H and O–H groups in total. The molecule has 0 saturated carbocycles. The summed E-state index contributed by atoms with van der Waals surface area (Å²) in [7, 11) is 0. The van der Waals surface area contributed by atoms with Gasteiger partial charge in [-0.3, -0.25) is 10.00 Å². The largest absolute Gasteiger partial charge is 0.367 e. The number of aromatic nitrogens is 3. The highest BCUT2D eigenvalue weighted by atomic mass is 32.1. The fraction of sp³-hybridized carbons (Fsp3) is 0.294. The second-order valence-corrected chi connectivity index (χ2v) is 7.27. The van der Waals surface area contributed by atoms with E-state index in [9.17, 15) is 4.39 Å². The van der Waals surface area contributed by atoms with E-state index in [0.717, 1.165) is 36.9 Å². The van der Waals surface area contributed by atoms with Crippen LogP contribution in [-0.2, 0) is 6.67 Å². The van der Waals surface area contributed by atoms with E-state index in [1.165, 1.54) is 6.07 Å². The lowest BCUT2D eigenvalue weighted by Gasteiger charge is -2.36. The number of H-pyrrole nitrogens is 1. The van der Waals surface area contributed by atoms with Crippen molar-refractivity contribution in [1.82, 2.24) is 19.7 Å². The number of hydrogen-bond acceptors (Lipinski definition) is 5. The van der Waals surface area contributed by atoms with Gasteiger partial charge in [0.25, 0.3) is 0 Å². The standard InChI is InChI=1S/C17H18FN5S2/c18-13-4-1-2-5-14(13)22-9-7-21(8-10-22)12-23-17(24)19-16(20-23)15-6-3-11-25-15/h1-6,11H,7-10,12H2,(H,19,20,24). The summed E-state index contributed by atoms with van der Waals surface area (Å²) in [6, 6.07) is 11.0. The normalized spacial score (nSPS) is 15.6. The molecule has 0 aliphatic carbocycles. The van der Waals surface area contributed by atoms with Gasteiger partial charge < -0.3 is 4.90 Å². The Labute approximate surface area is 154 Å². The van der Waals surface area contributed by atoms with Crippen molar-refractivity contribution in [2.45, 2.75) is 6.67 Å². The van der Waals surface area contributed by atoms with E-state index in [1.807, 2.05) is 34.3 Å². The summed E-state index contributed by atoms with van der Waals surface area (Å²) in [5.41, 5.74) is 0.681. The van der Waals surface area contributed by atoms with E-state index in [2.05, 4.69) is 19.9 Å². The van der Waals surface area contributed by atoms with Crippen LogP contribution in [0.25, 0.3) is 10.7 Å². The maximum atomic E-state index is 13.9. The average molecular weight is 375 g/mol. The predicted octanol–water partition coefficient (Wildman–Crippen LogP) is 3.59. The molecule has 0 atom stereocenters. The van der Waals surface area contributed by atoms with Gasteiger partial charge in [-0.15, -0.1) is 11.3 Å². The SMILES string of the molecule is Fc1ccccc1N1CCN(Cn2[nH]c(-c3cccs3)nc2=S)CC1. The fourth-order valence-corrected chi connectivity index (χ4v) is 3.87. The fourth-order valence-electron chi connectivity index (χ4n) is 3.01. The Balaban J connectivity index is 1.41. The van der Waals surface area contributed by atoms with Gasteiger partial charge in [-0.1, -0.05) is 18.2 Å². The Morgan fingerprint density at radius 2 is 1.92 bits per heavy atom. The first kappa shape index (κ1) is 16.4. The number of aromatic amines is 1. The zero-order valence-electron chi connectivity index (χ0n) is 13.6. The van der Waals surface area contributed by atoms with E-state index in [1.54, 1.807) is 17.4 Å². The quantitative estimate of drug-likeness (QED) is 0.708. The van der Waals surface area contributed by atoms with Crippen LogP contribution in [0.1, 0.15) is 0 Å². The van der Waals surface area contributed by atoms with Crippen LogP contribution in [0.4, 0.5) is 10.1 Å². The van der Waals surface area contributed by atoms with Crippen LogP contribution in [0.3, 0.4) is 0 Å². The summed E-state index contributed by atoms with van der Waals surface area (Å²) >= 11 is 7.00. The number of nitrogens with zero attached hydrogens (tertiary/aromatic N) is 4. The molecule has 1 aromatic carbocycles. The maximum absolute atomic E-state index is 13.9. The molecular weight excluding hydrogens is 357 g/mol. The van der Waals surface area contributed by atoms with Crippen LogP contribution in [0.15, 0.2) is 41.8 Å². The molecule has 1 saturated heterocycles. The molecule has 2 aromatic heterocycles. The molecule has 0 spiro atoms. The number of anilines is 1. The Morgan fingerprint density at radius 3 is 2.64 bits per heavy atom. The molecular formula is C17H18FN5S2. The summed E-state index contributed by atoms with van der Waals surface area (Å²) in [5, 5.41) is 5.30. The molecule has 3 aromatic rings. The first-order valence-corrected chi connectivity index (χ1v) is 9.42. The number of nitrogens with one attached hydrogen (secondary N) is 1. The minimum absolute atomic E-state index is 0.160. The minimum atomic E-state index is -0.160. The molecule has 8 heteroatoms. The Morgan fingerprint density at radius 1 is 1.12 bits per heavy atom. The summed E-state index contributed by atoms with van der Waals surface area (Å²) in [6.45, 7) is 3.95. The minimum Gasteiger partial charge on any atom is -0.367 e. The van der Waals surface area contributed by atoms with Crippen LogP contribution < -0.4 is 4.90 Å². The topological polar surface area (TPSA) is 40.1 Å². The second kappa shape index (κ2) is 7.07. The molecule has 1 aliphatic rings. The molecule has 0 bridgehead atoms. The molecule has 5 nitrogen and oxygen atoms in total. The van der Waals surface area contributed by atoms with Gasteiger partial charge in [0.05, 0.1) is 17.2 Å². The molecule has 0 amide bonds. The van der Waals surface area contributed by atoms with E-state index in [0.29, 0.717) is 17.1 Å². The zero-order chi connectivity index (χ0) is 17.2. The number of halogens is 1. The molecule has 4 rings (SSSR count). The highest BCUT2D eigenvalue weighted by molar-refractivity contribution is 7.71. The van der Waals surface area contributed by atoms with E-state index in [4.69, 9.17) is 12.2 Å². The van der Waals surface area contributed by atoms with Gasteiger partial charge in [0, 0.05) is 26.2 Å². The van der Waals surface area contributed by atoms with Crippen molar-refractivity contribution in [2.75, 3.05) is 31.1 Å². The van der Waals surface area contributed by atoms with E-state index >= 15 is 0 Å². The van der Waals surface area contributed by atoms with Crippen LogP contribution >= 0.6 is 23.6 Å². The summed E-state index contributed by atoms with van der Waals surface area (Å²) in [6.07, 6.45) is 0.